The second kappa shape index (κ2) is 7.39. The molecule has 2 rings (SSSR count). The van der Waals surface area contributed by atoms with Gasteiger partial charge in [0.25, 0.3) is 0 Å². The number of hydrogen-bond acceptors (Lipinski definition) is 2. The lowest BCUT2D eigenvalue weighted by Gasteiger charge is -2.08. The van der Waals surface area contributed by atoms with Crippen LogP contribution in [0.4, 0.5) is 0 Å². The fourth-order valence-electron chi connectivity index (χ4n) is 1.86. The van der Waals surface area contributed by atoms with Crippen molar-refractivity contribution in [2.24, 2.45) is 0 Å². The van der Waals surface area contributed by atoms with Crippen LogP contribution >= 0.6 is 0 Å². The highest BCUT2D eigenvalue weighted by Gasteiger charge is 2.00. The highest BCUT2D eigenvalue weighted by molar-refractivity contribution is 5.48. The van der Waals surface area contributed by atoms with E-state index in [4.69, 9.17) is 9.84 Å². The van der Waals surface area contributed by atoms with Gasteiger partial charge in [0.05, 0.1) is 0 Å². The maximum Gasteiger partial charge on any atom is 0.123 e. The Balaban J connectivity index is 1.91. The van der Waals surface area contributed by atoms with Crippen molar-refractivity contribution in [3.63, 3.8) is 0 Å². The van der Waals surface area contributed by atoms with Crippen LogP contribution in [0.3, 0.4) is 0 Å². The number of benzene rings is 2. The van der Waals surface area contributed by atoms with Gasteiger partial charge in [0.2, 0.25) is 0 Å². The van der Waals surface area contributed by atoms with Gasteiger partial charge < -0.3 is 9.84 Å². The van der Waals surface area contributed by atoms with Gasteiger partial charge in [-0.2, -0.15) is 0 Å². The molecule has 98 valence electrons. The fraction of sp³-hybridized carbons (Fsp3) is 0.176. The Morgan fingerprint density at radius 2 is 1.68 bits per heavy atom. The van der Waals surface area contributed by atoms with Gasteiger partial charge in [-0.25, -0.2) is 0 Å². The van der Waals surface area contributed by atoms with Gasteiger partial charge in [-0.05, 0) is 29.7 Å². The van der Waals surface area contributed by atoms with E-state index in [1.54, 1.807) is 0 Å². The van der Waals surface area contributed by atoms with Crippen LogP contribution in [0.5, 0.6) is 5.75 Å². The number of hydrogen-bond donors (Lipinski definition) is 1. The van der Waals surface area contributed by atoms with Crippen molar-refractivity contribution < 1.29 is 9.84 Å². The first-order valence-electron chi connectivity index (χ1n) is 6.43. The summed E-state index contributed by atoms with van der Waals surface area (Å²) in [4.78, 5) is 0. The van der Waals surface area contributed by atoms with Gasteiger partial charge in [0.15, 0.2) is 0 Å². The zero-order valence-electron chi connectivity index (χ0n) is 10.8. The van der Waals surface area contributed by atoms with E-state index in [0.29, 0.717) is 13.0 Å². The third-order valence-electron chi connectivity index (χ3n) is 2.80. The van der Waals surface area contributed by atoms with E-state index < -0.39 is 0 Å². The van der Waals surface area contributed by atoms with Crippen molar-refractivity contribution in [3.05, 3.63) is 71.8 Å². The molecule has 2 nitrogen and oxygen atoms in total. The summed E-state index contributed by atoms with van der Waals surface area (Å²) in [6.45, 7) is 0.664. The Morgan fingerprint density at radius 1 is 0.947 bits per heavy atom. The lowest BCUT2D eigenvalue weighted by atomic mass is 10.1. The molecule has 0 saturated carbocycles. The van der Waals surface area contributed by atoms with Crippen LogP contribution in [-0.2, 0) is 6.42 Å². The Bertz CT molecular complexity index is 518. The molecule has 0 aliphatic heterocycles. The summed E-state index contributed by atoms with van der Waals surface area (Å²) in [5.41, 5.74) is 2.20. The molecule has 0 spiro atoms. The molecule has 0 fully saturated rings. The van der Waals surface area contributed by atoms with Crippen LogP contribution < -0.4 is 4.74 Å². The summed E-state index contributed by atoms with van der Waals surface area (Å²) in [6, 6.07) is 17.9. The molecule has 0 unspecified atom stereocenters. The average Bonchev–Trinajstić information content (AvgIpc) is 2.47. The van der Waals surface area contributed by atoms with E-state index in [9.17, 15) is 0 Å². The molecule has 0 bridgehead atoms. The van der Waals surface area contributed by atoms with E-state index in [1.807, 2.05) is 54.6 Å². The van der Waals surface area contributed by atoms with Crippen molar-refractivity contribution in [2.75, 3.05) is 13.2 Å². The minimum absolute atomic E-state index is 0.139. The molecule has 2 heteroatoms. The summed E-state index contributed by atoms with van der Waals surface area (Å²) < 4.78 is 5.71. The topological polar surface area (TPSA) is 29.5 Å². The standard InChI is InChI=1S/C17H18O2/c18-13-12-16-10-4-5-11-17(16)19-14-6-9-15-7-2-1-3-8-15/h1-11,18H,12-14H2/b9-6+. The van der Waals surface area contributed by atoms with Crippen molar-refractivity contribution in [2.45, 2.75) is 6.42 Å². The van der Waals surface area contributed by atoms with Gasteiger partial charge >= 0.3 is 0 Å². The van der Waals surface area contributed by atoms with Gasteiger partial charge in [0, 0.05) is 6.61 Å². The average molecular weight is 254 g/mol. The van der Waals surface area contributed by atoms with E-state index in [1.165, 1.54) is 0 Å². The first kappa shape index (κ1) is 13.4. The van der Waals surface area contributed by atoms with Crippen molar-refractivity contribution >= 4 is 6.08 Å². The fourth-order valence-corrected chi connectivity index (χ4v) is 1.86. The largest absolute Gasteiger partial charge is 0.489 e. The summed E-state index contributed by atoms with van der Waals surface area (Å²) in [6.07, 6.45) is 4.65. The summed E-state index contributed by atoms with van der Waals surface area (Å²) >= 11 is 0. The van der Waals surface area contributed by atoms with E-state index in [0.717, 1.165) is 16.9 Å². The van der Waals surface area contributed by atoms with E-state index >= 15 is 0 Å². The molecule has 0 radical (unpaired) electrons. The predicted molar refractivity (Wildman–Crippen MR) is 78.2 cm³/mol. The van der Waals surface area contributed by atoms with E-state index in [-0.39, 0.29) is 6.61 Å². The third-order valence-corrected chi connectivity index (χ3v) is 2.80. The molecule has 0 aliphatic rings. The van der Waals surface area contributed by atoms with Gasteiger partial charge in [-0.3, -0.25) is 0 Å². The van der Waals surface area contributed by atoms with Crippen LogP contribution in [0.2, 0.25) is 0 Å². The van der Waals surface area contributed by atoms with Crippen LogP contribution in [0.25, 0.3) is 6.08 Å². The first-order valence-corrected chi connectivity index (χ1v) is 6.43. The van der Waals surface area contributed by atoms with Crippen molar-refractivity contribution in [3.8, 4) is 5.75 Å². The van der Waals surface area contributed by atoms with Crippen molar-refractivity contribution in [1.82, 2.24) is 0 Å². The molecule has 2 aromatic rings. The molecular weight excluding hydrogens is 236 g/mol. The quantitative estimate of drug-likeness (QED) is 0.857. The highest BCUT2D eigenvalue weighted by atomic mass is 16.5. The highest BCUT2D eigenvalue weighted by Crippen LogP contribution is 2.18. The number of rotatable bonds is 6. The molecule has 0 atom stereocenters. The molecule has 0 aromatic heterocycles. The van der Waals surface area contributed by atoms with Crippen LogP contribution in [-0.4, -0.2) is 18.3 Å². The van der Waals surface area contributed by atoms with Crippen LogP contribution in [0.1, 0.15) is 11.1 Å². The number of ether oxygens (including phenoxy) is 1. The smallest absolute Gasteiger partial charge is 0.123 e. The normalized spacial score (nSPS) is 10.8. The maximum atomic E-state index is 8.99. The summed E-state index contributed by atoms with van der Waals surface area (Å²) in [7, 11) is 0. The zero-order valence-corrected chi connectivity index (χ0v) is 10.8. The molecule has 19 heavy (non-hydrogen) atoms. The molecule has 2 aromatic carbocycles. The Labute approximate surface area is 114 Å². The molecule has 0 saturated heterocycles. The van der Waals surface area contributed by atoms with Gasteiger partial charge in [0.1, 0.15) is 12.4 Å². The number of para-hydroxylation sites is 1. The molecule has 0 aliphatic carbocycles. The lowest BCUT2D eigenvalue weighted by molar-refractivity contribution is 0.294. The van der Waals surface area contributed by atoms with Crippen LogP contribution in [0.15, 0.2) is 60.7 Å². The molecular formula is C17H18O2. The minimum atomic E-state index is 0.139. The van der Waals surface area contributed by atoms with Crippen LogP contribution in [0, 0.1) is 0 Å². The predicted octanol–water partition coefficient (Wildman–Crippen LogP) is 3.31. The first-order chi connectivity index (χ1) is 9.40. The Kier molecular flexibility index (Phi) is 5.20. The monoisotopic (exact) mass is 254 g/mol. The van der Waals surface area contributed by atoms with Gasteiger partial charge in [-0.15, -0.1) is 0 Å². The Hall–Kier alpha value is -2.06. The summed E-state index contributed by atoms with van der Waals surface area (Å²) in [5, 5.41) is 8.99. The second-order valence-electron chi connectivity index (χ2n) is 4.21. The zero-order chi connectivity index (χ0) is 13.3. The molecule has 0 amide bonds. The van der Waals surface area contributed by atoms with E-state index in [2.05, 4.69) is 12.1 Å². The molecule has 0 heterocycles. The van der Waals surface area contributed by atoms with Gasteiger partial charge in [-0.1, -0.05) is 54.6 Å². The third kappa shape index (κ3) is 4.27. The number of aliphatic hydroxyl groups excluding tert-OH is 1. The molecule has 1 N–H and O–H groups in total. The Morgan fingerprint density at radius 3 is 2.47 bits per heavy atom. The number of aliphatic hydroxyl groups is 1. The maximum absolute atomic E-state index is 8.99. The summed E-state index contributed by atoms with van der Waals surface area (Å²) in [5.74, 6) is 0.842. The lowest BCUT2D eigenvalue weighted by Crippen LogP contribution is -1.99. The SMILES string of the molecule is OCCc1ccccc1OC/C=C/c1ccccc1. The minimum Gasteiger partial charge on any atom is -0.489 e. The second-order valence-corrected chi connectivity index (χ2v) is 4.21. The van der Waals surface area contributed by atoms with Crippen molar-refractivity contribution in [1.29, 1.82) is 0 Å².